The van der Waals surface area contributed by atoms with Gasteiger partial charge in [0.05, 0.1) is 0 Å². The average molecular weight is 367 g/mol. The minimum atomic E-state index is -0.242. The van der Waals surface area contributed by atoms with Crippen molar-refractivity contribution in [2.75, 3.05) is 28.6 Å². The molecular formula is C21H29N5O. The van der Waals surface area contributed by atoms with Gasteiger partial charge in [0, 0.05) is 36.2 Å². The molecule has 1 aliphatic heterocycles. The van der Waals surface area contributed by atoms with E-state index >= 15 is 0 Å². The summed E-state index contributed by atoms with van der Waals surface area (Å²) in [6.07, 6.45) is 4.06. The number of nitrogens with one attached hydrogen (secondary N) is 2. The molecule has 144 valence electrons. The minimum absolute atomic E-state index is 0.169. The van der Waals surface area contributed by atoms with Crippen LogP contribution in [0, 0.1) is 5.92 Å². The Hall–Kier alpha value is -2.63. The lowest BCUT2D eigenvalue weighted by Gasteiger charge is -2.32. The van der Waals surface area contributed by atoms with Crippen LogP contribution in [-0.2, 0) is 0 Å². The van der Waals surface area contributed by atoms with Crippen molar-refractivity contribution in [2.24, 2.45) is 5.92 Å². The molecule has 0 aliphatic carbocycles. The number of piperidine rings is 1. The second-order valence-electron chi connectivity index (χ2n) is 8.31. The van der Waals surface area contributed by atoms with E-state index in [0.29, 0.717) is 11.6 Å². The molecule has 0 atom stereocenters. The highest BCUT2D eigenvalue weighted by Gasteiger charge is 2.17. The predicted octanol–water partition coefficient (Wildman–Crippen LogP) is 4.18. The largest absolute Gasteiger partial charge is 0.372 e. The predicted molar refractivity (Wildman–Crippen MR) is 110 cm³/mol. The molecule has 27 heavy (non-hydrogen) atoms. The van der Waals surface area contributed by atoms with Crippen molar-refractivity contribution >= 4 is 23.2 Å². The third-order valence-corrected chi connectivity index (χ3v) is 4.65. The summed E-state index contributed by atoms with van der Waals surface area (Å²) in [5.41, 5.74) is 2.14. The maximum absolute atomic E-state index is 12.5. The Kier molecular flexibility index (Phi) is 5.63. The maximum Gasteiger partial charge on any atom is 0.274 e. The summed E-state index contributed by atoms with van der Waals surface area (Å²) in [4.78, 5) is 23.4. The van der Waals surface area contributed by atoms with E-state index in [9.17, 15) is 4.79 Å². The van der Waals surface area contributed by atoms with E-state index < -0.39 is 0 Å². The zero-order valence-corrected chi connectivity index (χ0v) is 16.6. The molecule has 0 bridgehead atoms. The Morgan fingerprint density at radius 2 is 1.78 bits per heavy atom. The van der Waals surface area contributed by atoms with Crippen molar-refractivity contribution in [1.82, 2.24) is 9.97 Å². The molecule has 0 unspecified atom stereocenters. The first kappa shape index (κ1) is 19.1. The van der Waals surface area contributed by atoms with E-state index in [1.165, 1.54) is 18.5 Å². The fourth-order valence-corrected chi connectivity index (χ4v) is 3.10. The molecule has 1 amide bonds. The van der Waals surface area contributed by atoms with Crippen LogP contribution in [0.15, 0.2) is 36.5 Å². The lowest BCUT2D eigenvalue weighted by Crippen LogP contribution is -2.32. The quantitative estimate of drug-likeness (QED) is 0.848. The van der Waals surface area contributed by atoms with Crippen LogP contribution < -0.4 is 15.5 Å². The second-order valence-corrected chi connectivity index (χ2v) is 8.31. The van der Waals surface area contributed by atoms with Gasteiger partial charge in [-0.1, -0.05) is 6.92 Å². The van der Waals surface area contributed by atoms with Gasteiger partial charge in [-0.2, -0.15) is 0 Å². The first-order valence-electron chi connectivity index (χ1n) is 9.58. The third kappa shape index (κ3) is 5.42. The maximum atomic E-state index is 12.5. The molecule has 1 aliphatic rings. The number of carbonyl (C=O) groups is 1. The highest BCUT2D eigenvalue weighted by Crippen LogP contribution is 2.24. The highest BCUT2D eigenvalue weighted by molar-refractivity contribution is 6.03. The first-order valence-corrected chi connectivity index (χ1v) is 9.58. The van der Waals surface area contributed by atoms with Gasteiger partial charge in [0.1, 0.15) is 5.69 Å². The Labute approximate surface area is 161 Å². The fourth-order valence-electron chi connectivity index (χ4n) is 3.10. The highest BCUT2D eigenvalue weighted by atomic mass is 16.1. The van der Waals surface area contributed by atoms with Crippen molar-refractivity contribution in [3.8, 4) is 0 Å². The summed E-state index contributed by atoms with van der Waals surface area (Å²) in [7, 11) is 0. The molecule has 2 aromatic rings. The van der Waals surface area contributed by atoms with Crippen LogP contribution in [0.2, 0.25) is 0 Å². The van der Waals surface area contributed by atoms with Crippen molar-refractivity contribution in [3.63, 3.8) is 0 Å². The number of benzene rings is 1. The van der Waals surface area contributed by atoms with Gasteiger partial charge >= 0.3 is 0 Å². The van der Waals surface area contributed by atoms with Gasteiger partial charge in [-0.15, -0.1) is 0 Å². The van der Waals surface area contributed by atoms with Crippen LogP contribution in [0.4, 0.5) is 17.3 Å². The number of amides is 1. The number of hydrogen-bond acceptors (Lipinski definition) is 5. The third-order valence-electron chi connectivity index (χ3n) is 4.65. The first-order chi connectivity index (χ1) is 12.8. The lowest BCUT2D eigenvalue weighted by molar-refractivity contribution is 0.102. The van der Waals surface area contributed by atoms with E-state index in [-0.39, 0.29) is 11.4 Å². The number of carbonyl (C=O) groups excluding carboxylic acids is 1. The molecule has 2 heterocycles. The molecule has 2 N–H and O–H groups in total. The van der Waals surface area contributed by atoms with Crippen LogP contribution in [-0.4, -0.2) is 34.5 Å². The molecule has 3 rings (SSSR count). The molecule has 0 saturated carbocycles. The number of rotatable bonds is 4. The van der Waals surface area contributed by atoms with Gasteiger partial charge < -0.3 is 15.5 Å². The molecule has 1 saturated heterocycles. The zero-order chi connectivity index (χ0) is 19.4. The van der Waals surface area contributed by atoms with Gasteiger partial charge in [-0.25, -0.2) is 9.97 Å². The summed E-state index contributed by atoms with van der Waals surface area (Å²) >= 11 is 0. The van der Waals surface area contributed by atoms with Crippen LogP contribution >= 0.6 is 0 Å². The van der Waals surface area contributed by atoms with Gasteiger partial charge in [-0.05, 0) is 69.9 Å². The molecule has 1 fully saturated rings. The molecule has 1 aromatic carbocycles. The number of aromatic nitrogens is 2. The fraction of sp³-hybridized carbons (Fsp3) is 0.476. The van der Waals surface area contributed by atoms with Crippen LogP contribution in [0.1, 0.15) is 51.0 Å². The Morgan fingerprint density at radius 3 is 2.41 bits per heavy atom. The lowest BCUT2D eigenvalue weighted by atomic mass is 9.99. The second kappa shape index (κ2) is 7.94. The Morgan fingerprint density at radius 1 is 1.11 bits per heavy atom. The summed E-state index contributed by atoms with van der Waals surface area (Å²) < 4.78 is 0. The van der Waals surface area contributed by atoms with Crippen molar-refractivity contribution in [1.29, 1.82) is 0 Å². The van der Waals surface area contributed by atoms with Crippen LogP contribution in [0.3, 0.4) is 0 Å². The molecule has 1 aromatic heterocycles. The van der Waals surface area contributed by atoms with Crippen molar-refractivity contribution in [3.05, 3.63) is 42.2 Å². The van der Waals surface area contributed by atoms with E-state index in [1.54, 1.807) is 12.3 Å². The standard InChI is InChI=1S/C21H29N5O/c1-15-10-13-26(14-11-15)17-7-5-16(6-8-17)23-19(27)18-9-12-22-20(24-18)25-21(2,3)4/h5-9,12,15H,10-11,13-14H2,1-4H3,(H,23,27)(H,22,24,25). The average Bonchev–Trinajstić information content (AvgIpc) is 2.62. The van der Waals surface area contributed by atoms with Crippen LogP contribution in [0.5, 0.6) is 0 Å². The molecule has 6 heteroatoms. The van der Waals surface area contributed by atoms with Gasteiger partial charge in [-0.3, -0.25) is 4.79 Å². The van der Waals surface area contributed by atoms with E-state index in [4.69, 9.17) is 0 Å². The number of nitrogens with zero attached hydrogens (tertiary/aromatic N) is 3. The van der Waals surface area contributed by atoms with E-state index in [2.05, 4.69) is 44.6 Å². The number of hydrogen-bond donors (Lipinski definition) is 2. The number of anilines is 3. The zero-order valence-electron chi connectivity index (χ0n) is 16.6. The van der Waals surface area contributed by atoms with E-state index in [0.717, 1.165) is 24.7 Å². The normalized spacial score (nSPS) is 15.5. The monoisotopic (exact) mass is 367 g/mol. The summed E-state index contributed by atoms with van der Waals surface area (Å²) in [5.74, 6) is 1.02. The Balaban J connectivity index is 1.63. The summed E-state index contributed by atoms with van der Waals surface area (Å²) in [6.45, 7) is 10.6. The Bertz CT molecular complexity index is 774. The van der Waals surface area contributed by atoms with Crippen molar-refractivity contribution in [2.45, 2.75) is 46.1 Å². The summed E-state index contributed by atoms with van der Waals surface area (Å²) in [5, 5.41) is 6.09. The van der Waals surface area contributed by atoms with Crippen LogP contribution in [0.25, 0.3) is 0 Å². The molecule has 6 nitrogen and oxygen atoms in total. The van der Waals surface area contributed by atoms with Crippen molar-refractivity contribution < 1.29 is 4.79 Å². The minimum Gasteiger partial charge on any atom is -0.372 e. The SMILES string of the molecule is CC1CCN(c2ccc(NC(=O)c3ccnc(NC(C)(C)C)n3)cc2)CC1. The van der Waals surface area contributed by atoms with Gasteiger partial charge in [0.25, 0.3) is 5.91 Å². The molecular weight excluding hydrogens is 338 g/mol. The van der Waals surface area contributed by atoms with E-state index in [1.807, 2.05) is 32.9 Å². The molecule has 0 radical (unpaired) electrons. The van der Waals surface area contributed by atoms with Gasteiger partial charge in [0.2, 0.25) is 5.95 Å². The smallest absolute Gasteiger partial charge is 0.274 e. The summed E-state index contributed by atoms with van der Waals surface area (Å²) in [6, 6.07) is 9.64. The van der Waals surface area contributed by atoms with Gasteiger partial charge in [0.15, 0.2) is 0 Å². The topological polar surface area (TPSA) is 70.2 Å². The molecule has 0 spiro atoms.